The Labute approximate surface area is 117 Å². The van der Waals surface area contributed by atoms with E-state index in [1.165, 1.54) is 12.4 Å². The highest BCUT2D eigenvalue weighted by Crippen LogP contribution is 2.42. The monoisotopic (exact) mass is 305 g/mol. The second-order valence-corrected chi connectivity index (χ2v) is 7.20. The lowest BCUT2D eigenvalue weighted by Gasteiger charge is -2.50. The maximum absolute atomic E-state index is 12.2. The van der Waals surface area contributed by atoms with Crippen molar-refractivity contribution in [2.45, 2.75) is 37.3 Å². The van der Waals surface area contributed by atoms with Gasteiger partial charge in [-0.1, -0.05) is 13.8 Å². The largest absolute Gasteiger partial charge is 0.381 e. The molecule has 0 aliphatic heterocycles. The van der Waals surface area contributed by atoms with E-state index in [1.807, 2.05) is 13.8 Å². The number of hydrogen-bond donors (Lipinski definition) is 1. The molecule has 0 spiro atoms. The Balaban J connectivity index is 2.13. The molecule has 8 heteroatoms. The van der Waals surface area contributed by atoms with Crippen LogP contribution >= 0.6 is 11.6 Å². The molecular weight excluding hydrogens is 290 g/mol. The molecule has 2 rings (SSSR count). The normalized spacial score (nSPS) is 25.9. The number of halogens is 1. The highest BCUT2D eigenvalue weighted by atomic mass is 35.5. The molecule has 0 aromatic carbocycles. The molecule has 1 aromatic rings. The van der Waals surface area contributed by atoms with Crippen molar-refractivity contribution >= 4 is 21.6 Å². The van der Waals surface area contributed by atoms with Gasteiger partial charge in [-0.2, -0.15) is 0 Å². The molecule has 0 saturated heterocycles. The van der Waals surface area contributed by atoms with E-state index in [-0.39, 0.29) is 27.7 Å². The van der Waals surface area contributed by atoms with Gasteiger partial charge in [0, 0.05) is 18.6 Å². The zero-order valence-electron chi connectivity index (χ0n) is 10.9. The summed E-state index contributed by atoms with van der Waals surface area (Å²) in [7, 11) is -2.00. The summed E-state index contributed by atoms with van der Waals surface area (Å²) in [4.78, 5) is 7.36. The van der Waals surface area contributed by atoms with Gasteiger partial charge < -0.3 is 4.74 Å². The van der Waals surface area contributed by atoms with Crippen molar-refractivity contribution in [1.82, 2.24) is 14.7 Å². The maximum Gasteiger partial charge on any atom is 0.243 e. The van der Waals surface area contributed by atoms with Gasteiger partial charge in [0.1, 0.15) is 4.90 Å². The van der Waals surface area contributed by atoms with Crippen molar-refractivity contribution in [2.24, 2.45) is 5.41 Å². The fraction of sp³-hybridized carbons (Fsp3) is 0.636. The molecule has 1 N–H and O–H groups in total. The summed E-state index contributed by atoms with van der Waals surface area (Å²) >= 11 is 5.54. The quantitative estimate of drug-likeness (QED) is 0.846. The van der Waals surface area contributed by atoms with E-state index in [9.17, 15) is 8.42 Å². The zero-order chi connectivity index (χ0) is 14.3. The number of aromatic nitrogens is 2. The van der Waals surface area contributed by atoms with Crippen LogP contribution in [0.4, 0.5) is 0 Å². The van der Waals surface area contributed by atoms with Crippen LogP contribution in [0.3, 0.4) is 0 Å². The topological polar surface area (TPSA) is 81.2 Å². The van der Waals surface area contributed by atoms with Gasteiger partial charge in [-0.3, -0.25) is 0 Å². The molecule has 6 nitrogen and oxygen atoms in total. The Kier molecular flexibility index (Phi) is 3.83. The molecule has 1 aliphatic carbocycles. The summed E-state index contributed by atoms with van der Waals surface area (Å²) in [5.74, 6) is 0. The molecule has 106 valence electrons. The van der Waals surface area contributed by atoms with Gasteiger partial charge in [0.15, 0.2) is 0 Å². The highest BCUT2D eigenvalue weighted by molar-refractivity contribution is 7.89. The van der Waals surface area contributed by atoms with Gasteiger partial charge in [0.25, 0.3) is 0 Å². The Bertz CT molecular complexity index is 559. The molecule has 1 saturated carbocycles. The van der Waals surface area contributed by atoms with Crippen LogP contribution in [0.15, 0.2) is 17.3 Å². The first kappa shape index (κ1) is 14.6. The lowest BCUT2D eigenvalue weighted by atomic mass is 9.65. The number of nitrogens with one attached hydrogen (secondary N) is 1. The van der Waals surface area contributed by atoms with E-state index < -0.39 is 10.0 Å². The van der Waals surface area contributed by atoms with Crippen LogP contribution in [0.1, 0.15) is 20.3 Å². The van der Waals surface area contributed by atoms with Crippen LogP contribution in [0.2, 0.25) is 5.28 Å². The van der Waals surface area contributed by atoms with E-state index in [2.05, 4.69) is 14.7 Å². The van der Waals surface area contributed by atoms with Crippen LogP contribution in [-0.4, -0.2) is 37.6 Å². The molecule has 1 heterocycles. The average molecular weight is 306 g/mol. The van der Waals surface area contributed by atoms with Gasteiger partial charge in [-0.25, -0.2) is 23.1 Å². The van der Waals surface area contributed by atoms with Crippen LogP contribution in [0, 0.1) is 5.41 Å². The number of hydrogen-bond acceptors (Lipinski definition) is 5. The van der Waals surface area contributed by atoms with E-state index in [0.29, 0.717) is 6.42 Å². The third-order valence-corrected chi connectivity index (χ3v) is 5.29. The molecule has 2 unspecified atom stereocenters. The maximum atomic E-state index is 12.2. The van der Waals surface area contributed by atoms with Crippen molar-refractivity contribution in [2.75, 3.05) is 7.11 Å². The Morgan fingerprint density at radius 2 is 2.00 bits per heavy atom. The summed E-state index contributed by atoms with van der Waals surface area (Å²) in [6, 6.07) is -0.168. The average Bonchev–Trinajstić information content (AvgIpc) is 2.34. The van der Waals surface area contributed by atoms with Crippen LogP contribution in [-0.2, 0) is 14.8 Å². The van der Waals surface area contributed by atoms with Crippen LogP contribution in [0.5, 0.6) is 0 Å². The standard InChI is InChI=1S/C11H16ClN3O3S/c1-11(2)8(4-9(11)18-3)15-19(16,17)7-5-13-10(12)14-6-7/h5-6,8-9,15H,4H2,1-3H3. The smallest absolute Gasteiger partial charge is 0.243 e. The molecule has 0 bridgehead atoms. The molecule has 1 aromatic heterocycles. The first-order valence-corrected chi connectivity index (χ1v) is 7.66. The van der Waals surface area contributed by atoms with Gasteiger partial charge in [0.2, 0.25) is 15.3 Å². The predicted octanol–water partition coefficient (Wildman–Crippen LogP) is 1.22. The lowest BCUT2D eigenvalue weighted by Crippen LogP contribution is -2.61. The lowest BCUT2D eigenvalue weighted by molar-refractivity contribution is -0.0908. The first-order chi connectivity index (χ1) is 8.77. The molecule has 2 atom stereocenters. The second-order valence-electron chi connectivity index (χ2n) is 5.14. The fourth-order valence-electron chi connectivity index (χ4n) is 2.18. The number of nitrogens with zero attached hydrogens (tertiary/aromatic N) is 2. The van der Waals surface area contributed by atoms with Gasteiger partial charge in [-0.15, -0.1) is 0 Å². The first-order valence-electron chi connectivity index (χ1n) is 5.80. The van der Waals surface area contributed by atoms with E-state index in [1.54, 1.807) is 7.11 Å². The van der Waals surface area contributed by atoms with Gasteiger partial charge in [0.05, 0.1) is 18.5 Å². The van der Waals surface area contributed by atoms with Gasteiger partial charge >= 0.3 is 0 Å². The molecule has 1 aliphatic rings. The van der Waals surface area contributed by atoms with Crippen molar-refractivity contribution in [3.63, 3.8) is 0 Å². The summed E-state index contributed by atoms with van der Waals surface area (Å²) in [5.41, 5.74) is -0.241. The minimum absolute atomic E-state index is 0.00793. The third kappa shape index (κ3) is 2.74. The molecular formula is C11H16ClN3O3S. The van der Waals surface area contributed by atoms with Crippen molar-refractivity contribution in [3.8, 4) is 0 Å². The number of rotatable bonds is 4. The predicted molar refractivity (Wildman–Crippen MR) is 70.3 cm³/mol. The SMILES string of the molecule is COC1CC(NS(=O)(=O)c2cnc(Cl)nc2)C1(C)C. The Hall–Kier alpha value is -0.760. The Morgan fingerprint density at radius 1 is 1.42 bits per heavy atom. The van der Waals surface area contributed by atoms with Crippen molar-refractivity contribution in [1.29, 1.82) is 0 Å². The summed E-state index contributed by atoms with van der Waals surface area (Å²) in [5, 5.41) is 0.0161. The van der Waals surface area contributed by atoms with E-state index in [4.69, 9.17) is 16.3 Å². The van der Waals surface area contributed by atoms with Crippen LogP contribution < -0.4 is 4.72 Å². The third-order valence-electron chi connectivity index (χ3n) is 3.67. The zero-order valence-corrected chi connectivity index (χ0v) is 12.5. The van der Waals surface area contributed by atoms with E-state index >= 15 is 0 Å². The summed E-state index contributed by atoms with van der Waals surface area (Å²) < 4.78 is 32.3. The summed E-state index contributed by atoms with van der Waals surface area (Å²) in [6.45, 7) is 3.94. The molecule has 1 fully saturated rings. The van der Waals surface area contributed by atoms with Crippen LogP contribution in [0.25, 0.3) is 0 Å². The minimum atomic E-state index is -3.63. The minimum Gasteiger partial charge on any atom is -0.381 e. The number of ether oxygens (including phenoxy) is 1. The molecule has 0 radical (unpaired) electrons. The summed E-state index contributed by atoms with van der Waals surface area (Å²) in [6.07, 6.45) is 3.09. The Morgan fingerprint density at radius 3 is 2.47 bits per heavy atom. The molecule has 0 amide bonds. The number of methoxy groups -OCH3 is 1. The highest BCUT2D eigenvalue weighted by Gasteiger charge is 2.50. The van der Waals surface area contributed by atoms with Crippen molar-refractivity contribution < 1.29 is 13.2 Å². The van der Waals surface area contributed by atoms with Crippen molar-refractivity contribution in [3.05, 3.63) is 17.7 Å². The van der Waals surface area contributed by atoms with Gasteiger partial charge in [-0.05, 0) is 18.0 Å². The fourth-order valence-corrected chi connectivity index (χ4v) is 3.57. The number of sulfonamides is 1. The van der Waals surface area contributed by atoms with E-state index in [0.717, 1.165) is 0 Å². The second kappa shape index (κ2) is 4.97. The molecule has 19 heavy (non-hydrogen) atoms.